The van der Waals surface area contributed by atoms with Gasteiger partial charge in [0.15, 0.2) is 5.96 Å². The van der Waals surface area contributed by atoms with E-state index in [2.05, 4.69) is 48.4 Å². The zero-order valence-electron chi connectivity index (χ0n) is 12.7. The molecule has 3 heteroatoms. The predicted molar refractivity (Wildman–Crippen MR) is 85.9 cm³/mol. The molecule has 0 spiro atoms. The third kappa shape index (κ3) is 4.55. The maximum atomic E-state index is 5.97. The van der Waals surface area contributed by atoms with Gasteiger partial charge < -0.3 is 11.1 Å². The number of benzene rings is 1. The van der Waals surface area contributed by atoms with E-state index < -0.39 is 0 Å². The Kier molecular flexibility index (Phi) is 5.45. The van der Waals surface area contributed by atoms with Gasteiger partial charge in [0.1, 0.15) is 0 Å². The topological polar surface area (TPSA) is 50.4 Å². The summed E-state index contributed by atoms with van der Waals surface area (Å²) < 4.78 is 0. The molecule has 0 aromatic heterocycles. The third-order valence-corrected chi connectivity index (χ3v) is 4.04. The van der Waals surface area contributed by atoms with Crippen LogP contribution >= 0.6 is 0 Å². The van der Waals surface area contributed by atoms with Gasteiger partial charge in [0.05, 0.1) is 6.54 Å². The minimum absolute atomic E-state index is 0.524. The van der Waals surface area contributed by atoms with Crippen molar-refractivity contribution in [1.29, 1.82) is 0 Å². The third-order valence-electron chi connectivity index (χ3n) is 4.04. The highest BCUT2D eigenvalue weighted by Crippen LogP contribution is 2.17. The first-order valence-electron chi connectivity index (χ1n) is 7.80. The standard InChI is InChI=1S/C17H27N3/c1-13(2)15-10-8-14(9-11-15)12-19-17(18)20-16-6-4-3-5-7-16/h8-11,13,16H,3-7,12H2,1-2H3,(H3,18,19,20). The van der Waals surface area contributed by atoms with Crippen LogP contribution in [0, 0.1) is 0 Å². The van der Waals surface area contributed by atoms with Crippen molar-refractivity contribution in [2.75, 3.05) is 0 Å². The number of hydrogen-bond donors (Lipinski definition) is 2. The summed E-state index contributed by atoms with van der Waals surface area (Å²) in [6.45, 7) is 5.07. The average molecular weight is 273 g/mol. The summed E-state index contributed by atoms with van der Waals surface area (Å²) in [5.41, 5.74) is 8.55. The number of nitrogens with two attached hydrogens (primary N) is 1. The number of nitrogens with zero attached hydrogens (tertiary/aromatic N) is 1. The van der Waals surface area contributed by atoms with Crippen molar-refractivity contribution in [3.63, 3.8) is 0 Å². The molecule has 1 aromatic carbocycles. The fourth-order valence-corrected chi connectivity index (χ4v) is 2.69. The summed E-state index contributed by atoms with van der Waals surface area (Å²) in [5, 5.41) is 3.35. The largest absolute Gasteiger partial charge is 0.370 e. The van der Waals surface area contributed by atoms with E-state index in [4.69, 9.17) is 5.73 Å². The smallest absolute Gasteiger partial charge is 0.189 e. The molecule has 0 atom stereocenters. The van der Waals surface area contributed by atoms with E-state index in [1.54, 1.807) is 0 Å². The second-order valence-electron chi connectivity index (χ2n) is 6.08. The lowest BCUT2D eigenvalue weighted by molar-refractivity contribution is 0.412. The summed E-state index contributed by atoms with van der Waals surface area (Å²) >= 11 is 0. The van der Waals surface area contributed by atoms with Crippen LogP contribution in [0.4, 0.5) is 0 Å². The molecule has 0 heterocycles. The predicted octanol–water partition coefficient (Wildman–Crippen LogP) is 3.55. The number of rotatable bonds is 4. The Morgan fingerprint density at radius 2 is 1.85 bits per heavy atom. The molecule has 0 unspecified atom stereocenters. The van der Waals surface area contributed by atoms with Crippen LogP contribution in [0.1, 0.15) is 63.0 Å². The Morgan fingerprint density at radius 1 is 1.20 bits per heavy atom. The minimum atomic E-state index is 0.524. The lowest BCUT2D eigenvalue weighted by Gasteiger charge is -2.23. The van der Waals surface area contributed by atoms with Crippen molar-refractivity contribution < 1.29 is 0 Å². The summed E-state index contributed by atoms with van der Waals surface area (Å²) in [6, 6.07) is 9.18. The van der Waals surface area contributed by atoms with Crippen LogP contribution in [-0.2, 0) is 6.54 Å². The van der Waals surface area contributed by atoms with Gasteiger partial charge in [-0.15, -0.1) is 0 Å². The van der Waals surface area contributed by atoms with E-state index in [0.29, 0.717) is 24.5 Å². The first kappa shape index (κ1) is 14.9. The zero-order valence-corrected chi connectivity index (χ0v) is 12.7. The number of aliphatic imine (C=N–C) groups is 1. The van der Waals surface area contributed by atoms with Gasteiger partial charge >= 0.3 is 0 Å². The first-order chi connectivity index (χ1) is 9.65. The van der Waals surface area contributed by atoms with Gasteiger partial charge in [0.2, 0.25) is 0 Å². The quantitative estimate of drug-likeness (QED) is 0.651. The number of hydrogen-bond acceptors (Lipinski definition) is 1. The molecule has 1 saturated carbocycles. The Balaban J connectivity index is 1.84. The highest BCUT2D eigenvalue weighted by atomic mass is 15.1. The molecular formula is C17H27N3. The molecule has 1 aromatic rings. The van der Waals surface area contributed by atoms with Gasteiger partial charge in [0.25, 0.3) is 0 Å². The van der Waals surface area contributed by atoms with Crippen molar-refractivity contribution >= 4 is 5.96 Å². The summed E-state index contributed by atoms with van der Waals surface area (Å²) in [5.74, 6) is 1.16. The minimum Gasteiger partial charge on any atom is -0.370 e. The average Bonchev–Trinajstić information content (AvgIpc) is 2.46. The maximum absolute atomic E-state index is 5.97. The zero-order chi connectivity index (χ0) is 14.4. The van der Waals surface area contributed by atoms with E-state index in [1.807, 2.05) is 0 Å². The summed E-state index contributed by atoms with van der Waals surface area (Å²) in [4.78, 5) is 4.45. The van der Waals surface area contributed by atoms with Gasteiger partial charge in [0, 0.05) is 6.04 Å². The van der Waals surface area contributed by atoms with Gasteiger partial charge in [-0.3, -0.25) is 0 Å². The van der Waals surface area contributed by atoms with Crippen molar-refractivity contribution in [1.82, 2.24) is 5.32 Å². The van der Waals surface area contributed by atoms with Crippen LogP contribution in [0.25, 0.3) is 0 Å². The van der Waals surface area contributed by atoms with Crippen LogP contribution in [0.3, 0.4) is 0 Å². The van der Waals surface area contributed by atoms with E-state index in [1.165, 1.54) is 43.2 Å². The Labute approximate surface area is 122 Å². The normalized spacial score (nSPS) is 17.4. The molecule has 0 bridgehead atoms. The fraction of sp³-hybridized carbons (Fsp3) is 0.588. The van der Waals surface area contributed by atoms with Crippen LogP contribution in [0.15, 0.2) is 29.3 Å². The molecule has 1 fully saturated rings. The molecule has 0 saturated heterocycles. The molecular weight excluding hydrogens is 246 g/mol. The molecule has 2 rings (SSSR count). The molecule has 20 heavy (non-hydrogen) atoms. The molecule has 0 amide bonds. The first-order valence-corrected chi connectivity index (χ1v) is 7.80. The van der Waals surface area contributed by atoms with Gasteiger partial charge in [-0.25, -0.2) is 4.99 Å². The van der Waals surface area contributed by atoms with Crippen LogP contribution in [0.5, 0.6) is 0 Å². The Hall–Kier alpha value is -1.51. The molecule has 0 radical (unpaired) electrons. The van der Waals surface area contributed by atoms with Crippen molar-refractivity contribution in [3.05, 3.63) is 35.4 Å². The maximum Gasteiger partial charge on any atom is 0.189 e. The lowest BCUT2D eigenvalue weighted by Crippen LogP contribution is -2.41. The van der Waals surface area contributed by atoms with Crippen LogP contribution in [0.2, 0.25) is 0 Å². The van der Waals surface area contributed by atoms with Gasteiger partial charge in [-0.1, -0.05) is 57.4 Å². The molecule has 0 aliphatic heterocycles. The SMILES string of the molecule is CC(C)c1ccc(CN=C(N)NC2CCCCC2)cc1. The highest BCUT2D eigenvalue weighted by Gasteiger charge is 2.13. The number of nitrogens with one attached hydrogen (secondary N) is 1. The van der Waals surface area contributed by atoms with Crippen molar-refractivity contribution in [2.24, 2.45) is 10.7 Å². The van der Waals surface area contributed by atoms with E-state index in [9.17, 15) is 0 Å². The molecule has 3 N–H and O–H groups in total. The molecule has 110 valence electrons. The molecule has 1 aliphatic carbocycles. The van der Waals surface area contributed by atoms with E-state index >= 15 is 0 Å². The summed E-state index contributed by atoms with van der Waals surface area (Å²) in [6.07, 6.45) is 6.42. The second-order valence-corrected chi connectivity index (χ2v) is 6.08. The highest BCUT2D eigenvalue weighted by molar-refractivity contribution is 5.78. The monoisotopic (exact) mass is 273 g/mol. The number of guanidine groups is 1. The van der Waals surface area contributed by atoms with E-state index in [-0.39, 0.29) is 0 Å². The van der Waals surface area contributed by atoms with Gasteiger partial charge in [-0.05, 0) is 29.9 Å². The Morgan fingerprint density at radius 3 is 2.45 bits per heavy atom. The van der Waals surface area contributed by atoms with Crippen LogP contribution < -0.4 is 11.1 Å². The van der Waals surface area contributed by atoms with Gasteiger partial charge in [-0.2, -0.15) is 0 Å². The Bertz CT molecular complexity index is 428. The fourth-order valence-electron chi connectivity index (χ4n) is 2.69. The second kappa shape index (κ2) is 7.32. The van der Waals surface area contributed by atoms with E-state index in [0.717, 1.165) is 0 Å². The van der Waals surface area contributed by atoms with Crippen LogP contribution in [-0.4, -0.2) is 12.0 Å². The molecule has 1 aliphatic rings. The van der Waals surface area contributed by atoms with Crippen molar-refractivity contribution in [2.45, 2.75) is 64.5 Å². The lowest BCUT2D eigenvalue weighted by atomic mass is 9.96. The molecule has 3 nitrogen and oxygen atoms in total. The summed E-state index contributed by atoms with van der Waals surface area (Å²) in [7, 11) is 0. The van der Waals surface area contributed by atoms with Crippen molar-refractivity contribution in [3.8, 4) is 0 Å².